The molecule has 0 aromatic heterocycles. The molecule has 2 aromatic rings. The average molecular weight is 464 g/mol. The number of hydrogen-bond acceptors (Lipinski definition) is 7. The van der Waals surface area contributed by atoms with E-state index in [1.807, 2.05) is 29.2 Å². The minimum atomic E-state index is -4.33. The fourth-order valence-corrected chi connectivity index (χ4v) is 3.79. The quantitative estimate of drug-likeness (QED) is 0.468. The molecule has 0 unspecified atom stereocenters. The Hall–Kier alpha value is -3.99. The zero-order valence-corrected chi connectivity index (χ0v) is 18.7. The molecule has 3 rings (SSSR count). The summed E-state index contributed by atoms with van der Waals surface area (Å²) in [6, 6.07) is 16.9. The van der Waals surface area contributed by atoms with Crippen molar-refractivity contribution in [2.24, 2.45) is 5.10 Å². The molecule has 0 aliphatic carbocycles. The molecule has 0 saturated heterocycles. The summed E-state index contributed by atoms with van der Waals surface area (Å²) in [5.41, 5.74) is 2.93. The maximum atomic E-state index is 12.9. The third kappa shape index (κ3) is 5.63. The first-order valence-corrected chi connectivity index (χ1v) is 11.5. The Labute approximate surface area is 192 Å². The Morgan fingerprint density at radius 1 is 1.03 bits per heavy atom. The second-order valence-corrected chi connectivity index (χ2v) is 8.65. The van der Waals surface area contributed by atoms with Crippen LogP contribution in [-0.2, 0) is 14.9 Å². The summed E-state index contributed by atoms with van der Waals surface area (Å²) in [6.45, 7) is 2.75. The number of amides is 1. The Bertz CT molecular complexity index is 1270. The molecular formula is C23H21N5O4S. The predicted molar refractivity (Wildman–Crippen MR) is 124 cm³/mol. The van der Waals surface area contributed by atoms with Crippen molar-refractivity contribution in [1.82, 2.24) is 0 Å². The zero-order chi connectivity index (χ0) is 24.0. The Kier molecular flexibility index (Phi) is 7.23. The summed E-state index contributed by atoms with van der Waals surface area (Å²) in [4.78, 5) is 14.6. The maximum Gasteiger partial charge on any atom is 0.294 e. The van der Waals surface area contributed by atoms with Gasteiger partial charge in [0.25, 0.3) is 16.0 Å². The number of rotatable bonds is 8. The van der Waals surface area contributed by atoms with Gasteiger partial charge in [0.15, 0.2) is 0 Å². The topological polar surface area (TPSA) is 138 Å². The van der Waals surface area contributed by atoms with Gasteiger partial charge < -0.3 is 4.90 Å². The number of hydrazone groups is 1. The van der Waals surface area contributed by atoms with E-state index in [0.717, 1.165) is 11.3 Å². The second kappa shape index (κ2) is 10.1. The summed E-state index contributed by atoms with van der Waals surface area (Å²) >= 11 is 0. The van der Waals surface area contributed by atoms with Gasteiger partial charge in [0.2, 0.25) is 0 Å². The molecular weight excluding hydrogens is 442 g/mol. The van der Waals surface area contributed by atoms with Crippen molar-refractivity contribution in [3.05, 3.63) is 59.7 Å². The zero-order valence-electron chi connectivity index (χ0n) is 17.8. The molecule has 9 nitrogen and oxygen atoms in total. The van der Waals surface area contributed by atoms with E-state index in [1.54, 1.807) is 13.0 Å². The average Bonchev–Trinajstić information content (AvgIpc) is 3.08. The van der Waals surface area contributed by atoms with Crippen LogP contribution in [0.15, 0.2) is 64.1 Å². The molecule has 0 saturated carbocycles. The highest BCUT2D eigenvalue weighted by atomic mass is 32.2. The molecule has 0 bridgehead atoms. The van der Waals surface area contributed by atoms with Gasteiger partial charge in [0.1, 0.15) is 0 Å². The molecule has 168 valence electrons. The molecule has 33 heavy (non-hydrogen) atoms. The number of hydrogen-bond donors (Lipinski definition) is 1. The maximum absolute atomic E-state index is 12.9. The number of anilines is 2. The van der Waals surface area contributed by atoms with Crippen LogP contribution >= 0.6 is 0 Å². The molecule has 0 atom stereocenters. The Morgan fingerprint density at radius 2 is 1.61 bits per heavy atom. The van der Waals surface area contributed by atoms with Gasteiger partial charge in [-0.05, 0) is 55.0 Å². The van der Waals surface area contributed by atoms with E-state index < -0.39 is 10.1 Å². The van der Waals surface area contributed by atoms with Crippen LogP contribution < -0.4 is 9.91 Å². The predicted octanol–water partition coefficient (Wildman–Crippen LogP) is 3.37. The first-order valence-electron chi connectivity index (χ1n) is 10.0. The number of carbonyl (C=O) groups is 1. The van der Waals surface area contributed by atoms with Crippen LogP contribution in [0.5, 0.6) is 0 Å². The summed E-state index contributed by atoms with van der Waals surface area (Å²) in [5.74, 6) is -0.360. The minimum absolute atomic E-state index is 0.270. The highest BCUT2D eigenvalue weighted by molar-refractivity contribution is 7.85. The Morgan fingerprint density at radius 3 is 2.12 bits per heavy atom. The molecule has 1 aliphatic heterocycles. The summed E-state index contributed by atoms with van der Waals surface area (Å²) in [6.07, 6.45) is 2.41. The fourth-order valence-electron chi connectivity index (χ4n) is 3.31. The van der Waals surface area contributed by atoms with E-state index in [-0.39, 0.29) is 10.8 Å². The first-order chi connectivity index (χ1) is 15.7. The molecule has 0 fully saturated rings. The van der Waals surface area contributed by atoms with Crippen molar-refractivity contribution in [2.75, 3.05) is 23.0 Å². The molecule has 1 heterocycles. The number of benzene rings is 2. The molecule has 10 heteroatoms. The number of carbonyl (C=O) groups excluding carboxylic acids is 1. The second-order valence-electron chi connectivity index (χ2n) is 7.22. The summed E-state index contributed by atoms with van der Waals surface area (Å²) in [7, 11) is -4.33. The van der Waals surface area contributed by atoms with Crippen LogP contribution in [-0.4, -0.2) is 37.7 Å². The van der Waals surface area contributed by atoms with Gasteiger partial charge in [-0.15, -0.1) is 0 Å². The molecule has 1 amide bonds. The van der Waals surface area contributed by atoms with Crippen molar-refractivity contribution in [3.8, 4) is 12.1 Å². The SMILES string of the molecule is CC1=NN(c2ccc(S(=O)(=O)O)cc2)C(=O)C1=Cc1ccc(N(CCC#N)CCC#N)cc1. The van der Waals surface area contributed by atoms with Crippen molar-refractivity contribution < 1.29 is 17.8 Å². The first kappa shape index (κ1) is 23.7. The van der Waals surface area contributed by atoms with Gasteiger partial charge in [0, 0.05) is 18.8 Å². The van der Waals surface area contributed by atoms with E-state index in [2.05, 4.69) is 17.2 Å². The van der Waals surface area contributed by atoms with Crippen molar-refractivity contribution >= 4 is 39.2 Å². The monoisotopic (exact) mass is 463 g/mol. The van der Waals surface area contributed by atoms with Crippen LogP contribution in [0.1, 0.15) is 25.3 Å². The van der Waals surface area contributed by atoms with E-state index in [1.165, 1.54) is 29.3 Å². The lowest BCUT2D eigenvalue weighted by molar-refractivity contribution is -0.114. The molecule has 1 aliphatic rings. The normalized spacial score (nSPS) is 14.7. The van der Waals surface area contributed by atoms with Gasteiger partial charge in [-0.25, -0.2) is 0 Å². The molecule has 1 N–H and O–H groups in total. The highest BCUT2D eigenvalue weighted by Crippen LogP contribution is 2.26. The van der Waals surface area contributed by atoms with Gasteiger partial charge in [0.05, 0.1) is 46.8 Å². The van der Waals surface area contributed by atoms with E-state index >= 15 is 0 Å². The third-order valence-electron chi connectivity index (χ3n) is 5.00. The van der Waals surface area contributed by atoms with Gasteiger partial charge in [-0.3, -0.25) is 9.35 Å². The standard InChI is InChI=1S/C23H21N5O4S/c1-17-22(23(29)28(26-17)20-8-10-21(11-9-20)33(30,31)32)16-18-4-6-19(7-5-18)27(14-2-12-24)15-3-13-25/h4-11,16H,2-3,14-15H2,1H3,(H,30,31,32). The lowest BCUT2D eigenvalue weighted by Crippen LogP contribution is -2.25. The van der Waals surface area contributed by atoms with Crippen molar-refractivity contribution in [1.29, 1.82) is 10.5 Å². The minimum Gasteiger partial charge on any atom is -0.369 e. The van der Waals surface area contributed by atoms with Crippen LogP contribution in [0, 0.1) is 22.7 Å². The Balaban J connectivity index is 1.80. The smallest absolute Gasteiger partial charge is 0.294 e. The number of nitriles is 2. The van der Waals surface area contributed by atoms with Gasteiger partial charge in [-0.1, -0.05) is 12.1 Å². The summed E-state index contributed by atoms with van der Waals surface area (Å²) in [5, 5.41) is 23.2. The third-order valence-corrected chi connectivity index (χ3v) is 5.87. The van der Waals surface area contributed by atoms with Crippen LogP contribution in [0.2, 0.25) is 0 Å². The highest BCUT2D eigenvalue weighted by Gasteiger charge is 2.29. The summed E-state index contributed by atoms with van der Waals surface area (Å²) < 4.78 is 31.5. The van der Waals surface area contributed by atoms with Gasteiger partial charge >= 0.3 is 0 Å². The van der Waals surface area contributed by atoms with Crippen molar-refractivity contribution in [2.45, 2.75) is 24.7 Å². The lowest BCUT2D eigenvalue weighted by Gasteiger charge is -2.22. The molecule has 0 spiro atoms. The van der Waals surface area contributed by atoms with E-state index in [9.17, 15) is 13.2 Å². The molecule has 2 aromatic carbocycles. The van der Waals surface area contributed by atoms with Crippen LogP contribution in [0.25, 0.3) is 6.08 Å². The van der Waals surface area contributed by atoms with Gasteiger partial charge in [-0.2, -0.15) is 29.1 Å². The number of nitrogens with zero attached hydrogens (tertiary/aromatic N) is 5. The van der Waals surface area contributed by atoms with E-state index in [0.29, 0.717) is 42.9 Å². The van der Waals surface area contributed by atoms with Crippen LogP contribution in [0.4, 0.5) is 11.4 Å². The van der Waals surface area contributed by atoms with Crippen LogP contribution in [0.3, 0.4) is 0 Å². The fraction of sp³-hybridized carbons (Fsp3) is 0.217. The molecule has 0 radical (unpaired) electrons. The largest absolute Gasteiger partial charge is 0.369 e. The van der Waals surface area contributed by atoms with Crippen molar-refractivity contribution in [3.63, 3.8) is 0 Å². The van der Waals surface area contributed by atoms with E-state index in [4.69, 9.17) is 15.1 Å². The lowest BCUT2D eigenvalue weighted by atomic mass is 10.1.